The lowest BCUT2D eigenvalue weighted by atomic mass is 9.54. The molecule has 2 heteroatoms. The zero-order chi connectivity index (χ0) is 13.0. The van der Waals surface area contributed by atoms with E-state index in [-0.39, 0.29) is 5.92 Å². The minimum Gasteiger partial charge on any atom is -0.388 e. The van der Waals surface area contributed by atoms with E-state index in [9.17, 15) is 10.4 Å². The Kier molecular flexibility index (Phi) is 2.75. The summed E-state index contributed by atoms with van der Waals surface area (Å²) in [4.78, 5) is 0. The summed E-state index contributed by atoms with van der Waals surface area (Å²) < 4.78 is 0. The fraction of sp³-hybridized carbons (Fsp3) is 0.938. The van der Waals surface area contributed by atoms with Gasteiger partial charge in [0, 0.05) is 0 Å². The van der Waals surface area contributed by atoms with Crippen molar-refractivity contribution in [1.82, 2.24) is 0 Å². The van der Waals surface area contributed by atoms with Crippen LogP contribution in [0.25, 0.3) is 0 Å². The average molecular weight is 247 g/mol. The van der Waals surface area contributed by atoms with Crippen LogP contribution in [-0.4, -0.2) is 10.7 Å². The van der Waals surface area contributed by atoms with Crippen LogP contribution in [0, 0.1) is 40.4 Å². The number of hydrogen-bond acceptors (Lipinski definition) is 2. The van der Waals surface area contributed by atoms with E-state index in [2.05, 4.69) is 19.9 Å². The van der Waals surface area contributed by atoms with Crippen molar-refractivity contribution in [2.45, 2.75) is 64.4 Å². The quantitative estimate of drug-likeness (QED) is 0.770. The van der Waals surface area contributed by atoms with Crippen molar-refractivity contribution in [3.05, 3.63) is 0 Å². The Morgan fingerprint density at radius 3 is 2.44 bits per heavy atom. The number of nitriles is 1. The van der Waals surface area contributed by atoms with Crippen LogP contribution in [0.3, 0.4) is 0 Å². The first-order chi connectivity index (χ1) is 8.52. The SMILES string of the molecule is CC1CCC(C)C(O)(C2(C#N)CC3CCC2C3)C1. The van der Waals surface area contributed by atoms with Crippen LogP contribution in [0.1, 0.15) is 58.8 Å². The molecule has 0 radical (unpaired) electrons. The summed E-state index contributed by atoms with van der Waals surface area (Å²) >= 11 is 0. The van der Waals surface area contributed by atoms with Gasteiger partial charge in [-0.1, -0.05) is 26.7 Å². The molecule has 3 aliphatic carbocycles. The van der Waals surface area contributed by atoms with Gasteiger partial charge in [0.2, 0.25) is 0 Å². The largest absolute Gasteiger partial charge is 0.388 e. The molecular formula is C16H25NO. The summed E-state index contributed by atoms with van der Waals surface area (Å²) in [5.74, 6) is 2.02. The second-order valence-electron chi connectivity index (χ2n) is 7.38. The minimum atomic E-state index is -0.723. The molecule has 0 heterocycles. The van der Waals surface area contributed by atoms with Crippen LogP contribution in [0.2, 0.25) is 0 Å². The lowest BCUT2D eigenvalue weighted by molar-refractivity contribution is -0.149. The number of rotatable bonds is 1. The van der Waals surface area contributed by atoms with E-state index in [1.165, 1.54) is 25.7 Å². The van der Waals surface area contributed by atoms with E-state index in [0.717, 1.165) is 19.3 Å². The first-order valence-electron chi connectivity index (χ1n) is 7.65. The number of hydrogen-bond donors (Lipinski definition) is 1. The first kappa shape index (κ1) is 12.5. The lowest BCUT2D eigenvalue weighted by Gasteiger charge is -2.52. The van der Waals surface area contributed by atoms with Crippen molar-refractivity contribution < 1.29 is 5.11 Å². The molecule has 6 atom stereocenters. The van der Waals surface area contributed by atoms with E-state index in [1.807, 2.05) is 0 Å². The number of nitrogens with zero attached hydrogens (tertiary/aromatic N) is 1. The molecule has 0 aromatic carbocycles. The molecule has 3 aliphatic rings. The van der Waals surface area contributed by atoms with E-state index in [1.54, 1.807) is 0 Å². The Hall–Kier alpha value is -0.550. The van der Waals surface area contributed by atoms with Crippen molar-refractivity contribution in [2.75, 3.05) is 0 Å². The predicted octanol–water partition coefficient (Wildman–Crippen LogP) is 3.50. The van der Waals surface area contributed by atoms with Crippen molar-refractivity contribution in [3.8, 4) is 6.07 Å². The Labute approximate surface area is 110 Å². The molecular weight excluding hydrogens is 222 g/mol. The maximum Gasteiger partial charge on any atom is 0.0893 e. The molecule has 1 N–H and O–H groups in total. The molecule has 0 aromatic heterocycles. The predicted molar refractivity (Wildman–Crippen MR) is 70.6 cm³/mol. The second kappa shape index (κ2) is 3.97. The molecule has 6 unspecified atom stereocenters. The Morgan fingerprint density at radius 1 is 1.11 bits per heavy atom. The summed E-state index contributed by atoms with van der Waals surface area (Å²) in [5, 5.41) is 21.2. The van der Waals surface area contributed by atoms with Gasteiger partial charge in [-0.15, -0.1) is 0 Å². The summed E-state index contributed by atoms with van der Waals surface area (Å²) in [7, 11) is 0. The summed E-state index contributed by atoms with van der Waals surface area (Å²) in [6.45, 7) is 4.39. The van der Waals surface area contributed by atoms with Gasteiger partial charge in [-0.25, -0.2) is 0 Å². The Bertz CT molecular complexity index is 387. The Balaban J connectivity index is 1.98. The first-order valence-corrected chi connectivity index (χ1v) is 7.65. The zero-order valence-corrected chi connectivity index (χ0v) is 11.7. The summed E-state index contributed by atoms with van der Waals surface area (Å²) in [6, 6.07) is 2.62. The highest BCUT2D eigenvalue weighted by molar-refractivity contribution is 5.22. The number of fused-ring (bicyclic) bond motifs is 2. The van der Waals surface area contributed by atoms with Gasteiger partial charge in [0.05, 0.1) is 17.1 Å². The van der Waals surface area contributed by atoms with Gasteiger partial charge in [-0.05, 0) is 55.8 Å². The maximum absolute atomic E-state index is 11.4. The van der Waals surface area contributed by atoms with Crippen LogP contribution in [0.15, 0.2) is 0 Å². The molecule has 3 saturated carbocycles. The van der Waals surface area contributed by atoms with Gasteiger partial charge in [0.1, 0.15) is 0 Å². The molecule has 0 aromatic rings. The summed E-state index contributed by atoms with van der Waals surface area (Å²) in [6.07, 6.45) is 7.73. The van der Waals surface area contributed by atoms with Crippen LogP contribution in [0.5, 0.6) is 0 Å². The van der Waals surface area contributed by atoms with Gasteiger partial charge >= 0.3 is 0 Å². The highest BCUT2D eigenvalue weighted by Gasteiger charge is 2.64. The standard InChI is InChI=1S/C16H25NO/c1-11-3-4-12(2)16(18,8-11)15(10-17)9-13-5-6-14(15)7-13/h11-14,18H,3-9H2,1-2H3. The topological polar surface area (TPSA) is 44.0 Å². The second-order valence-corrected chi connectivity index (χ2v) is 7.38. The average Bonchev–Trinajstić information content (AvgIpc) is 2.94. The molecule has 0 saturated heterocycles. The normalized spacial score (nSPS) is 55.4. The highest BCUT2D eigenvalue weighted by Crippen LogP contribution is 2.64. The molecule has 0 aliphatic heterocycles. The van der Waals surface area contributed by atoms with Gasteiger partial charge in [-0.3, -0.25) is 0 Å². The molecule has 2 nitrogen and oxygen atoms in total. The monoisotopic (exact) mass is 247 g/mol. The number of aliphatic hydroxyl groups is 1. The molecule has 18 heavy (non-hydrogen) atoms. The zero-order valence-electron chi connectivity index (χ0n) is 11.7. The highest BCUT2D eigenvalue weighted by atomic mass is 16.3. The van der Waals surface area contributed by atoms with Crippen LogP contribution < -0.4 is 0 Å². The fourth-order valence-electron chi connectivity index (χ4n) is 5.32. The molecule has 0 amide bonds. The van der Waals surface area contributed by atoms with E-state index in [4.69, 9.17) is 0 Å². The van der Waals surface area contributed by atoms with Crippen LogP contribution in [0.4, 0.5) is 0 Å². The third kappa shape index (κ3) is 1.43. The maximum atomic E-state index is 11.4. The van der Waals surface area contributed by atoms with Crippen LogP contribution >= 0.6 is 0 Å². The fourth-order valence-corrected chi connectivity index (χ4v) is 5.32. The molecule has 0 spiro atoms. The lowest BCUT2D eigenvalue weighted by Crippen LogP contribution is -2.57. The van der Waals surface area contributed by atoms with E-state index in [0.29, 0.717) is 17.8 Å². The third-order valence-electron chi connectivity index (χ3n) is 6.39. The van der Waals surface area contributed by atoms with Crippen molar-refractivity contribution in [2.24, 2.45) is 29.1 Å². The molecule has 3 fully saturated rings. The van der Waals surface area contributed by atoms with E-state index < -0.39 is 11.0 Å². The van der Waals surface area contributed by atoms with Gasteiger partial charge in [0.15, 0.2) is 0 Å². The van der Waals surface area contributed by atoms with Crippen molar-refractivity contribution in [1.29, 1.82) is 5.26 Å². The van der Waals surface area contributed by atoms with E-state index >= 15 is 0 Å². The van der Waals surface area contributed by atoms with Crippen LogP contribution in [-0.2, 0) is 0 Å². The van der Waals surface area contributed by atoms with Gasteiger partial charge in [0.25, 0.3) is 0 Å². The van der Waals surface area contributed by atoms with Gasteiger partial charge in [-0.2, -0.15) is 5.26 Å². The smallest absolute Gasteiger partial charge is 0.0893 e. The summed E-state index contributed by atoms with van der Waals surface area (Å²) in [5.41, 5.74) is -1.15. The third-order valence-corrected chi connectivity index (χ3v) is 6.39. The molecule has 100 valence electrons. The molecule has 2 bridgehead atoms. The minimum absolute atomic E-state index is 0.285. The molecule has 3 rings (SSSR count). The Morgan fingerprint density at radius 2 is 1.89 bits per heavy atom. The van der Waals surface area contributed by atoms with Gasteiger partial charge < -0.3 is 5.11 Å². The van der Waals surface area contributed by atoms with Crippen molar-refractivity contribution >= 4 is 0 Å². The van der Waals surface area contributed by atoms with Crippen molar-refractivity contribution in [3.63, 3.8) is 0 Å².